The number of hydrogen-bond donors (Lipinski definition) is 1. The number of nitriles is 1. The molecule has 0 fully saturated rings. The van der Waals surface area contributed by atoms with Crippen LogP contribution in [0.2, 0.25) is 0 Å². The average Bonchev–Trinajstić information content (AvgIpc) is 2.73. The van der Waals surface area contributed by atoms with Gasteiger partial charge in [0.15, 0.2) is 0 Å². The second-order valence-corrected chi connectivity index (χ2v) is 5.99. The van der Waals surface area contributed by atoms with Gasteiger partial charge in [-0.1, -0.05) is 0 Å². The van der Waals surface area contributed by atoms with Gasteiger partial charge in [-0.05, 0) is 55.0 Å². The molecule has 142 valence electrons. The lowest BCUT2D eigenvalue weighted by Gasteiger charge is -2.13. The number of rotatable bonds is 6. The molecule has 2 N–H and O–H groups in total. The Hall–Kier alpha value is -3.72. The quantitative estimate of drug-likeness (QED) is 0.691. The fraction of sp³-hybridized carbons (Fsp3) is 0.182. The van der Waals surface area contributed by atoms with E-state index in [4.69, 9.17) is 19.9 Å². The maximum Gasteiger partial charge on any atom is 0.142 e. The van der Waals surface area contributed by atoms with Crippen molar-refractivity contribution in [1.29, 1.82) is 5.26 Å². The van der Waals surface area contributed by atoms with Crippen molar-refractivity contribution in [3.8, 4) is 45.7 Å². The van der Waals surface area contributed by atoms with Gasteiger partial charge in [-0.15, -0.1) is 0 Å². The number of nitrogens with two attached hydrogens (primary N) is 1. The summed E-state index contributed by atoms with van der Waals surface area (Å²) in [5.74, 6) is 2.20. The predicted molar refractivity (Wildman–Crippen MR) is 109 cm³/mol. The van der Waals surface area contributed by atoms with Gasteiger partial charge in [0.25, 0.3) is 0 Å². The first-order valence-electron chi connectivity index (χ1n) is 8.76. The zero-order valence-corrected chi connectivity index (χ0v) is 16.0. The van der Waals surface area contributed by atoms with Crippen LogP contribution in [0.3, 0.4) is 0 Å². The summed E-state index contributed by atoms with van der Waals surface area (Å²) in [6.07, 6.45) is 0. The van der Waals surface area contributed by atoms with E-state index in [1.165, 1.54) is 0 Å². The lowest BCUT2D eigenvalue weighted by Crippen LogP contribution is -2.00. The Kier molecular flexibility index (Phi) is 5.66. The lowest BCUT2D eigenvalue weighted by atomic mass is 9.98. The third-order valence-electron chi connectivity index (χ3n) is 4.28. The number of nitrogens with zero attached hydrogens (tertiary/aromatic N) is 2. The van der Waals surface area contributed by atoms with Crippen LogP contribution in [0.1, 0.15) is 12.5 Å². The van der Waals surface area contributed by atoms with Crippen LogP contribution in [0.15, 0.2) is 48.5 Å². The molecule has 0 bridgehead atoms. The molecule has 0 atom stereocenters. The van der Waals surface area contributed by atoms with Gasteiger partial charge in [-0.2, -0.15) is 5.26 Å². The van der Waals surface area contributed by atoms with E-state index in [0.29, 0.717) is 34.9 Å². The third-order valence-corrected chi connectivity index (χ3v) is 4.28. The van der Waals surface area contributed by atoms with E-state index >= 15 is 0 Å². The summed E-state index contributed by atoms with van der Waals surface area (Å²) in [4.78, 5) is 4.41. The standard InChI is InChI=1S/C22H21N3O3/c1-4-28-16-7-5-14(6-8-16)21-12-19(20(13-23)22(24)25-21)15-9-17(26-2)11-18(10-15)27-3/h5-12H,4H2,1-3H3,(H2,24,25). The molecule has 28 heavy (non-hydrogen) atoms. The Morgan fingerprint density at radius 1 is 0.929 bits per heavy atom. The number of ether oxygens (including phenoxy) is 3. The highest BCUT2D eigenvalue weighted by Gasteiger charge is 2.15. The van der Waals surface area contributed by atoms with Crippen molar-refractivity contribution in [2.75, 3.05) is 26.6 Å². The highest BCUT2D eigenvalue weighted by Crippen LogP contribution is 2.35. The van der Waals surface area contributed by atoms with Crippen LogP contribution in [0.25, 0.3) is 22.4 Å². The number of aromatic nitrogens is 1. The summed E-state index contributed by atoms with van der Waals surface area (Å²) in [5, 5.41) is 9.62. The molecule has 1 heterocycles. The third kappa shape index (κ3) is 3.84. The molecule has 2 aromatic carbocycles. The normalized spacial score (nSPS) is 10.2. The predicted octanol–water partition coefficient (Wildman–Crippen LogP) is 4.29. The zero-order valence-electron chi connectivity index (χ0n) is 16.0. The minimum absolute atomic E-state index is 0.172. The van der Waals surface area contributed by atoms with Crippen LogP contribution in [0.5, 0.6) is 17.2 Å². The van der Waals surface area contributed by atoms with Crippen LogP contribution in [-0.2, 0) is 0 Å². The second kappa shape index (κ2) is 8.31. The Morgan fingerprint density at radius 3 is 2.11 bits per heavy atom. The fourth-order valence-corrected chi connectivity index (χ4v) is 2.91. The molecule has 3 aromatic rings. The SMILES string of the molecule is CCOc1ccc(-c2cc(-c3cc(OC)cc(OC)c3)c(C#N)c(N)n2)cc1. The topological polar surface area (TPSA) is 90.4 Å². The maximum atomic E-state index is 9.62. The minimum Gasteiger partial charge on any atom is -0.497 e. The number of hydrogen-bond acceptors (Lipinski definition) is 6. The smallest absolute Gasteiger partial charge is 0.142 e. The number of nitrogen functional groups attached to an aromatic ring is 1. The molecule has 0 aliphatic carbocycles. The van der Waals surface area contributed by atoms with Crippen LogP contribution < -0.4 is 19.9 Å². The molecule has 6 heteroatoms. The van der Waals surface area contributed by atoms with Gasteiger partial charge < -0.3 is 19.9 Å². The van der Waals surface area contributed by atoms with Gasteiger partial charge in [-0.25, -0.2) is 4.98 Å². The van der Waals surface area contributed by atoms with Crippen LogP contribution in [0.4, 0.5) is 5.82 Å². The summed E-state index contributed by atoms with van der Waals surface area (Å²) < 4.78 is 16.2. The number of benzene rings is 2. The molecule has 0 radical (unpaired) electrons. The van der Waals surface area contributed by atoms with Crippen molar-refractivity contribution < 1.29 is 14.2 Å². The molecule has 0 saturated heterocycles. The van der Waals surface area contributed by atoms with Crippen molar-refractivity contribution in [2.24, 2.45) is 0 Å². The highest BCUT2D eigenvalue weighted by molar-refractivity contribution is 5.81. The number of methoxy groups -OCH3 is 2. The van der Waals surface area contributed by atoms with E-state index < -0.39 is 0 Å². The molecule has 0 aliphatic heterocycles. The zero-order chi connectivity index (χ0) is 20.1. The van der Waals surface area contributed by atoms with Crippen molar-refractivity contribution in [3.63, 3.8) is 0 Å². The molecule has 0 amide bonds. The number of pyridine rings is 1. The monoisotopic (exact) mass is 375 g/mol. The molecule has 6 nitrogen and oxygen atoms in total. The van der Waals surface area contributed by atoms with Gasteiger partial charge in [-0.3, -0.25) is 0 Å². The van der Waals surface area contributed by atoms with Crippen molar-refractivity contribution >= 4 is 5.82 Å². The summed E-state index contributed by atoms with van der Waals surface area (Å²) in [6, 6.07) is 17.0. The molecule has 0 unspecified atom stereocenters. The van der Waals surface area contributed by atoms with Gasteiger partial charge in [0.05, 0.1) is 26.5 Å². The number of anilines is 1. The first-order chi connectivity index (χ1) is 13.6. The van der Waals surface area contributed by atoms with Crippen LogP contribution in [0, 0.1) is 11.3 Å². The molecule has 1 aromatic heterocycles. The van der Waals surface area contributed by atoms with Crippen molar-refractivity contribution in [1.82, 2.24) is 4.98 Å². The Morgan fingerprint density at radius 2 is 1.57 bits per heavy atom. The molecular formula is C22H21N3O3. The molecule has 3 rings (SSSR count). The Labute approximate surface area is 164 Å². The van der Waals surface area contributed by atoms with Crippen LogP contribution >= 0.6 is 0 Å². The first-order valence-corrected chi connectivity index (χ1v) is 8.76. The van der Waals surface area contributed by atoms with Gasteiger partial charge >= 0.3 is 0 Å². The van der Waals surface area contributed by atoms with Crippen molar-refractivity contribution in [3.05, 3.63) is 54.1 Å². The van der Waals surface area contributed by atoms with E-state index in [-0.39, 0.29) is 5.82 Å². The molecule has 0 saturated carbocycles. The van der Waals surface area contributed by atoms with Crippen molar-refractivity contribution in [2.45, 2.75) is 6.92 Å². The molecule has 0 spiro atoms. The van der Waals surface area contributed by atoms with E-state index in [2.05, 4.69) is 11.1 Å². The van der Waals surface area contributed by atoms with E-state index in [1.807, 2.05) is 49.4 Å². The Bertz CT molecular complexity index is 1000. The summed E-state index contributed by atoms with van der Waals surface area (Å²) >= 11 is 0. The maximum absolute atomic E-state index is 9.62. The Balaban J connectivity index is 2.15. The van der Waals surface area contributed by atoms with E-state index in [0.717, 1.165) is 16.9 Å². The lowest BCUT2D eigenvalue weighted by molar-refractivity contribution is 0.340. The van der Waals surface area contributed by atoms with Crippen LogP contribution in [-0.4, -0.2) is 25.8 Å². The fourth-order valence-electron chi connectivity index (χ4n) is 2.91. The summed E-state index contributed by atoms with van der Waals surface area (Å²) in [7, 11) is 3.16. The molecular weight excluding hydrogens is 354 g/mol. The summed E-state index contributed by atoms with van der Waals surface area (Å²) in [5.41, 5.74) is 9.37. The van der Waals surface area contributed by atoms with Gasteiger partial charge in [0.2, 0.25) is 0 Å². The minimum atomic E-state index is 0.172. The second-order valence-electron chi connectivity index (χ2n) is 5.99. The van der Waals surface area contributed by atoms with E-state index in [1.54, 1.807) is 20.3 Å². The average molecular weight is 375 g/mol. The van der Waals surface area contributed by atoms with Gasteiger partial charge in [0, 0.05) is 17.2 Å². The highest BCUT2D eigenvalue weighted by atomic mass is 16.5. The first kappa shape index (κ1) is 19.1. The van der Waals surface area contributed by atoms with E-state index in [9.17, 15) is 5.26 Å². The summed E-state index contributed by atoms with van der Waals surface area (Å²) in [6.45, 7) is 2.54. The van der Waals surface area contributed by atoms with Gasteiger partial charge in [0.1, 0.15) is 34.7 Å². The molecule has 0 aliphatic rings. The largest absolute Gasteiger partial charge is 0.497 e.